The summed E-state index contributed by atoms with van der Waals surface area (Å²) in [7, 11) is 1.44. The molecule has 0 radical (unpaired) electrons. The van der Waals surface area contributed by atoms with E-state index in [0.29, 0.717) is 0 Å². The Balaban J connectivity index is 2.10. The summed E-state index contributed by atoms with van der Waals surface area (Å²) < 4.78 is 4.74. The third kappa shape index (κ3) is 1.50. The van der Waals surface area contributed by atoms with Gasteiger partial charge in [-0.1, -0.05) is 6.07 Å². The van der Waals surface area contributed by atoms with E-state index in [2.05, 4.69) is 4.98 Å². The molecule has 1 heterocycles. The lowest BCUT2D eigenvalue weighted by molar-refractivity contribution is -0.149. The van der Waals surface area contributed by atoms with Gasteiger partial charge in [0.15, 0.2) is 0 Å². The van der Waals surface area contributed by atoms with Gasteiger partial charge in [0.25, 0.3) is 0 Å². The van der Waals surface area contributed by atoms with Crippen molar-refractivity contribution in [3.8, 4) is 0 Å². The second-order valence-corrected chi connectivity index (χ2v) is 3.57. The lowest BCUT2D eigenvalue weighted by Crippen LogP contribution is -2.32. The van der Waals surface area contributed by atoms with Gasteiger partial charge < -0.3 is 4.74 Å². The Bertz CT molecular complexity index is 323. The average molecular weight is 191 g/mol. The molecular formula is C11H13NO2. The Kier molecular flexibility index (Phi) is 2.48. The quantitative estimate of drug-likeness (QED) is 0.668. The first-order valence-corrected chi connectivity index (χ1v) is 4.81. The van der Waals surface area contributed by atoms with Crippen molar-refractivity contribution in [1.29, 1.82) is 0 Å². The summed E-state index contributed by atoms with van der Waals surface area (Å²) in [6.45, 7) is 0. The van der Waals surface area contributed by atoms with Gasteiger partial charge in [-0.3, -0.25) is 9.78 Å². The summed E-state index contributed by atoms with van der Waals surface area (Å²) in [6.07, 6.45) is 3.73. The van der Waals surface area contributed by atoms with Gasteiger partial charge in [0.1, 0.15) is 0 Å². The Morgan fingerprint density at radius 1 is 1.50 bits per heavy atom. The number of methoxy groups -OCH3 is 1. The molecule has 0 aliphatic heterocycles. The highest BCUT2D eigenvalue weighted by atomic mass is 16.5. The van der Waals surface area contributed by atoms with E-state index >= 15 is 0 Å². The number of carbonyl (C=O) groups is 1. The molecule has 0 N–H and O–H groups in total. The van der Waals surface area contributed by atoms with Crippen molar-refractivity contribution in [3.05, 3.63) is 30.1 Å². The van der Waals surface area contributed by atoms with Crippen LogP contribution in [-0.4, -0.2) is 18.1 Å². The van der Waals surface area contributed by atoms with Crippen molar-refractivity contribution in [3.63, 3.8) is 0 Å². The Morgan fingerprint density at radius 3 is 2.86 bits per heavy atom. The molecule has 3 heteroatoms. The van der Waals surface area contributed by atoms with Gasteiger partial charge in [0.2, 0.25) is 0 Å². The van der Waals surface area contributed by atoms with Crippen molar-refractivity contribution in [2.24, 2.45) is 5.92 Å². The van der Waals surface area contributed by atoms with Crippen LogP contribution in [0.3, 0.4) is 0 Å². The minimum atomic E-state index is -0.105. The summed E-state index contributed by atoms with van der Waals surface area (Å²) in [4.78, 5) is 15.6. The standard InChI is InChI=1S/C11H13NO2/c1-14-11(13)9-6-5-8(9)10-4-2-3-7-12-10/h2-4,7-9H,5-6H2,1H3/t8-,9-/m1/s1. The fourth-order valence-corrected chi connectivity index (χ4v) is 1.88. The number of nitrogens with zero attached hydrogens (tertiary/aromatic N) is 1. The highest BCUT2D eigenvalue weighted by molar-refractivity contribution is 5.74. The fraction of sp³-hybridized carbons (Fsp3) is 0.455. The molecule has 0 bridgehead atoms. The lowest BCUT2D eigenvalue weighted by atomic mass is 9.72. The SMILES string of the molecule is COC(=O)[C@@H]1CC[C@H]1c1ccccn1. The van der Waals surface area contributed by atoms with Crippen molar-refractivity contribution >= 4 is 5.97 Å². The maximum Gasteiger partial charge on any atom is 0.309 e. The number of carbonyl (C=O) groups excluding carboxylic acids is 1. The van der Waals surface area contributed by atoms with Crippen molar-refractivity contribution < 1.29 is 9.53 Å². The zero-order valence-corrected chi connectivity index (χ0v) is 8.14. The number of ether oxygens (including phenoxy) is 1. The van der Waals surface area contributed by atoms with Gasteiger partial charge in [-0.15, -0.1) is 0 Å². The molecule has 0 unspecified atom stereocenters. The maximum atomic E-state index is 11.3. The first-order chi connectivity index (χ1) is 6.83. The summed E-state index contributed by atoms with van der Waals surface area (Å²) >= 11 is 0. The summed E-state index contributed by atoms with van der Waals surface area (Å²) in [5, 5.41) is 0. The van der Waals surface area contributed by atoms with Crippen LogP contribution in [0.2, 0.25) is 0 Å². The minimum absolute atomic E-state index is 0.0231. The molecule has 14 heavy (non-hydrogen) atoms. The Morgan fingerprint density at radius 2 is 2.36 bits per heavy atom. The number of hydrogen-bond donors (Lipinski definition) is 0. The zero-order chi connectivity index (χ0) is 9.97. The molecule has 1 fully saturated rings. The summed E-state index contributed by atoms with van der Waals surface area (Å²) in [6, 6.07) is 5.81. The molecular weight excluding hydrogens is 178 g/mol. The van der Waals surface area contributed by atoms with Gasteiger partial charge in [0, 0.05) is 17.8 Å². The molecule has 1 aliphatic rings. The van der Waals surface area contributed by atoms with Crippen LogP contribution >= 0.6 is 0 Å². The van der Waals surface area contributed by atoms with Crippen LogP contribution in [0, 0.1) is 5.92 Å². The molecule has 2 rings (SSSR count). The first kappa shape index (κ1) is 9.19. The van der Waals surface area contributed by atoms with Gasteiger partial charge in [0.05, 0.1) is 13.0 Å². The predicted octanol–water partition coefficient (Wildman–Crippen LogP) is 1.75. The Hall–Kier alpha value is -1.38. The monoisotopic (exact) mass is 191 g/mol. The number of pyridine rings is 1. The first-order valence-electron chi connectivity index (χ1n) is 4.81. The van der Waals surface area contributed by atoms with E-state index in [0.717, 1.165) is 18.5 Å². The van der Waals surface area contributed by atoms with E-state index in [9.17, 15) is 4.79 Å². The van der Waals surface area contributed by atoms with Gasteiger partial charge in [-0.05, 0) is 25.0 Å². The minimum Gasteiger partial charge on any atom is -0.469 e. The number of hydrogen-bond acceptors (Lipinski definition) is 3. The van der Waals surface area contributed by atoms with E-state index in [4.69, 9.17) is 4.74 Å². The third-order valence-electron chi connectivity index (χ3n) is 2.85. The second-order valence-electron chi connectivity index (χ2n) is 3.57. The van der Waals surface area contributed by atoms with Gasteiger partial charge >= 0.3 is 5.97 Å². The molecule has 1 aromatic rings. The fourth-order valence-electron chi connectivity index (χ4n) is 1.88. The van der Waals surface area contributed by atoms with Crippen LogP contribution in [-0.2, 0) is 9.53 Å². The summed E-state index contributed by atoms with van der Waals surface area (Å²) in [5.41, 5.74) is 1.01. The lowest BCUT2D eigenvalue weighted by Gasteiger charge is -2.33. The molecule has 1 aromatic heterocycles. The largest absolute Gasteiger partial charge is 0.469 e. The summed E-state index contributed by atoms with van der Waals surface area (Å²) in [5.74, 6) is 0.186. The highest BCUT2D eigenvalue weighted by Gasteiger charge is 2.38. The molecule has 2 atom stereocenters. The van der Waals surface area contributed by atoms with E-state index in [1.54, 1.807) is 6.20 Å². The van der Waals surface area contributed by atoms with Crippen LogP contribution < -0.4 is 0 Å². The van der Waals surface area contributed by atoms with E-state index in [1.807, 2.05) is 18.2 Å². The number of rotatable bonds is 2. The van der Waals surface area contributed by atoms with E-state index in [1.165, 1.54) is 7.11 Å². The highest BCUT2D eigenvalue weighted by Crippen LogP contribution is 2.42. The molecule has 0 saturated heterocycles. The van der Waals surface area contributed by atoms with Crippen LogP contribution in [0.25, 0.3) is 0 Å². The van der Waals surface area contributed by atoms with Crippen LogP contribution in [0.15, 0.2) is 24.4 Å². The van der Waals surface area contributed by atoms with Gasteiger partial charge in [-0.25, -0.2) is 0 Å². The van der Waals surface area contributed by atoms with Crippen LogP contribution in [0.1, 0.15) is 24.5 Å². The van der Waals surface area contributed by atoms with Crippen LogP contribution in [0.4, 0.5) is 0 Å². The number of aromatic nitrogens is 1. The Labute approximate surface area is 83.1 Å². The van der Waals surface area contributed by atoms with Crippen LogP contribution in [0.5, 0.6) is 0 Å². The molecule has 0 spiro atoms. The molecule has 1 aliphatic carbocycles. The number of esters is 1. The second kappa shape index (κ2) is 3.78. The van der Waals surface area contributed by atoms with Crippen molar-refractivity contribution in [2.75, 3.05) is 7.11 Å². The van der Waals surface area contributed by atoms with E-state index in [-0.39, 0.29) is 17.8 Å². The molecule has 74 valence electrons. The topological polar surface area (TPSA) is 39.2 Å². The maximum absolute atomic E-state index is 11.3. The van der Waals surface area contributed by atoms with E-state index < -0.39 is 0 Å². The average Bonchev–Trinajstić information content (AvgIpc) is 2.17. The molecule has 0 aromatic carbocycles. The molecule has 1 saturated carbocycles. The van der Waals surface area contributed by atoms with Gasteiger partial charge in [-0.2, -0.15) is 0 Å². The normalized spacial score (nSPS) is 25.2. The molecule has 0 amide bonds. The third-order valence-corrected chi connectivity index (χ3v) is 2.85. The van der Waals surface area contributed by atoms with Crippen molar-refractivity contribution in [1.82, 2.24) is 4.98 Å². The zero-order valence-electron chi connectivity index (χ0n) is 8.14. The molecule has 3 nitrogen and oxygen atoms in total. The van der Waals surface area contributed by atoms with Crippen molar-refractivity contribution in [2.45, 2.75) is 18.8 Å². The smallest absolute Gasteiger partial charge is 0.309 e. The predicted molar refractivity (Wildman–Crippen MR) is 51.7 cm³/mol.